The number of fused-ring (bicyclic) bond motifs is 6. The first kappa shape index (κ1) is 45.0. The van der Waals surface area contributed by atoms with Gasteiger partial charge in [-0.05, 0) is 140 Å². The summed E-state index contributed by atoms with van der Waals surface area (Å²) in [6.07, 6.45) is 0. The van der Waals surface area contributed by atoms with Gasteiger partial charge in [-0.2, -0.15) is 0 Å². The summed E-state index contributed by atoms with van der Waals surface area (Å²) >= 11 is 0. The molecular weight excluding hydrogens is 825 g/mol. The van der Waals surface area contributed by atoms with Crippen LogP contribution in [0.4, 0.5) is 45.5 Å². The maximum absolute atomic E-state index is 2.45. The van der Waals surface area contributed by atoms with Crippen molar-refractivity contribution in [1.29, 1.82) is 0 Å². The number of hydrogen-bond donors (Lipinski definition) is 0. The number of anilines is 8. The Morgan fingerprint density at radius 3 is 1.15 bits per heavy atom. The van der Waals surface area contributed by atoms with E-state index in [1.54, 1.807) is 0 Å². The van der Waals surface area contributed by atoms with Crippen LogP contribution >= 0.6 is 0 Å². The standard InChI is InChI=1S/C64H68N4/c1-61(2,3)41-18-26-45(27-19-41)67(46-28-20-42(21-29-46)62(4,5)6)49-34-36-51-54-40-58-59(53-16-15-17-55(60(53)54)65(13)56(51)38-49)52-37-35-50(39-57(52)66(58)14)68(47-30-22-43(23-31-47)63(7,8)9)48-32-24-44(25-33-48)64(10,11)12/h15-40H,1-14H3. The molecule has 1 aromatic heterocycles. The molecule has 4 nitrogen and oxygen atoms in total. The molecule has 0 amide bonds. The van der Waals surface area contributed by atoms with Crippen LogP contribution in [-0.4, -0.2) is 11.6 Å². The van der Waals surface area contributed by atoms with Crippen molar-refractivity contribution in [3.05, 3.63) is 180 Å². The first-order valence-electron chi connectivity index (χ1n) is 24.5. The molecule has 1 aliphatic heterocycles. The van der Waals surface area contributed by atoms with Gasteiger partial charge in [0, 0.05) is 75.6 Å². The first-order chi connectivity index (χ1) is 32.1. The third kappa shape index (κ3) is 7.72. The minimum atomic E-state index is 0.0662. The lowest BCUT2D eigenvalue weighted by Gasteiger charge is -2.33. The van der Waals surface area contributed by atoms with E-state index in [1.807, 2.05) is 0 Å². The molecule has 0 unspecified atom stereocenters. The summed E-state index contributed by atoms with van der Waals surface area (Å²) in [5.41, 5.74) is 19.7. The normalized spacial score (nSPS) is 13.1. The van der Waals surface area contributed by atoms with Crippen molar-refractivity contribution in [3.63, 3.8) is 0 Å². The van der Waals surface area contributed by atoms with E-state index in [2.05, 4.69) is 274 Å². The van der Waals surface area contributed by atoms with Gasteiger partial charge >= 0.3 is 0 Å². The summed E-state index contributed by atoms with van der Waals surface area (Å²) in [6, 6.07) is 60.0. The van der Waals surface area contributed by atoms with Gasteiger partial charge in [-0.25, -0.2) is 0 Å². The lowest BCUT2D eigenvalue weighted by atomic mass is 9.86. The van der Waals surface area contributed by atoms with Gasteiger partial charge in [0.25, 0.3) is 0 Å². The van der Waals surface area contributed by atoms with E-state index >= 15 is 0 Å². The zero-order chi connectivity index (χ0) is 48.2. The SMILES string of the molecule is CN1c2cc(N(c3ccc(C(C)(C)C)cc3)c3ccc(C(C)(C)C)cc3)ccc2-c2cc3c(c4cccc1c24)c1ccc(N(c2ccc(C(C)(C)C)cc2)c2ccc(C(C)(C)C)cc2)cc1n3C. The molecule has 2 heterocycles. The second-order valence-electron chi connectivity index (χ2n) is 23.4. The second kappa shape index (κ2) is 15.9. The molecule has 0 bridgehead atoms. The molecule has 4 heteroatoms. The van der Waals surface area contributed by atoms with Crippen molar-refractivity contribution in [2.75, 3.05) is 21.7 Å². The van der Waals surface area contributed by atoms with Gasteiger partial charge in [-0.15, -0.1) is 0 Å². The molecule has 0 aliphatic carbocycles. The number of hydrogen-bond acceptors (Lipinski definition) is 3. The Morgan fingerprint density at radius 2 is 0.721 bits per heavy atom. The predicted octanol–water partition coefficient (Wildman–Crippen LogP) is 18.4. The predicted molar refractivity (Wildman–Crippen MR) is 296 cm³/mol. The van der Waals surface area contributed by atoms with Crippen LogP contribution in [-0.2, 0) is 28.7 Å². The number of aryl methyl sites for hydroxylation is 1. The molecule has 68 heavy (non-hydrogen) atoms. The van der Waals surface area contributed by atoms with Crippen molar-refractivity contribution < 1.29 is 0 Å². The quantitative estimate of drug-likeness (QED) is 0.165. The summed E-state index contributed by atoms with van der Waals surface area (Å²) in [5.74, 6) is 0. The molecule has 10 rings (SSSR count). The zero-order valence-corrected chi connectivity index (χ0v) is 42.8. The third-order valence-corrected chi connectivity index (χ3v) is 14.6. The molecule has 0 saturated carbocycles. The molecule has 0 saturated heterocycles. The molecule has 0 radical (unpaired) electrons. The summed E-state index contributed by atoms with van der Waals surface area (Å²) in [4.78, 5) is 7.23. The van der Waals surface area contributed by atoms with E-state index in [1.165, 1.54) is 77.3 Å². The summed E-state index contributed by atoms with van der Waals surface area (Å²) in [6.45, 7) is 27.3. The van der Waals surface area contributed by atoms with Gasteiger partial charge in [0.05, 0.1) is 16.7 Å². The van der Waals surface area contributed by atoms with Gasteiger partial charge in [-0.3, -0.25) is 0 Å². The zero-order valence-electron chi connectivity index (χ0n) is 42.8. The maximum atomic E-state index is 2.45. The van der Waals surface area contributed by atoms with Crippen LogP contribution in [0.2, 0.25) is 0 Å². The van der Waals surface area contributed by atoms with E-state index in [9.17, 15) is 0 Å². The minimum absolute atomic E-state index is 0.0662. The Morgan fingerprint density at radius 1 is 0.324 bits per heavy atom. The van der Waals surface area contributed by atoms with E-state index in [-0.39, 0.29) is 21.7 Å². The number of aromatic nitrogens is 1. The lowest BCUT2D eigenvalue weighted by molar-refractivity contribution is 0.590. The Balaban J connectivity index is 1.12. The number of rotatable bonds is 6. The fraction of sp³-hybridized carbons (Fsp3) is 0.281. The largest absolute Gasteiger partial charge is 0.344 e. The lowest BCUT2D eigenvalue weighted by Crippen LogP contribution is -2.17. The fourth-order valence-electron chi connectivity index (χ4n) is 10.4. The van der Waals surface area contributed by atoms with Crippen molar-refractivity contribution in [3.8, 4) is 11.1 Å². The van der Waals surface area contributed by atoms with E-state index < -0.39 is 0 Å². The topological polar surface area (TPSA) is 14.7 Å². The van der Waals surface area contributed by atoms with Gasteiger partial charge in [0.2, 0.25) is 0 Å². The minimum Gasteiger partial charge on any atom is -0.344 e. The van der Waals surface area contributed by atoms with Crippen LogP contribution in [0.25, 0.3) is 43.7 Å². The third-order valence-electron chi connectivity index (χ3n) is 14.6. The smallest absolute Gasteiger partial charge is 0.0510 e. The molecular formula is C64H68N4. The van der Waals surface area contributed by atoms with Gasteiger partial charge in [0.1, 0.15) is 0 Å². The van der Waals surface area contributed by atoms with Crippen LogP contribution < -0.4 is 14.7 Å². The van der Waals surface area contributed by atoms with Crippen LogP contribution in [0.1, 0.15) is 105 Å². The first-order valence-corrected chi connectivity index (χ1v) is 24.5. The number of nitrogens with zero attached hydrogens (tertiary/aromatic N) is 4. The van der Waals surface area contributed by atoms with Crippen LogP contribution in [0, 0.1) is 0 Å². The Bertz CT molecular complexity index is 3240. The molecule has 0 atom stereocenters. The van der Waals surface area contributed by atoms with Crippen LogP contribution in [0.3, 0.4) is 0 Å². The average Bonchev–Trinajstić information content (AvgIpc) is 3.58. The van der Waals surface area contributed by atoms with Crippen molar-refractivity contribution in [1.82, 2.24) is 4.57 Å². The van der Waals surface area contributed by atoms with Gasteiger partial charge < -0.3 is 19.3 Å². The molecule has 9 aromatic rings. The highest BCUT2D eigenvalue weighted by atomic mass is 15.2. The molecule has 0 N–H and O–H groups in total. The van der Waals surface area contributed by atoms with Crippen molar-refractivity contribution >= 4 is 78.1 Å². The summed E-state index contributed by atoms with van der Waals surface area (Å²) in [7, 11) is 4.47. The summed E-state index contributed by atoms with van der Waals surface area (Å²) < 4.78 is 2.41. The molecule has 8 aromatic carbocycles. The molecule has 0 spiro atoms. The Kier molecular flexibility index (Phi) is 10.5. The van der Waals surface area contributed by atoms with Gasteiger partial charge in [-0.1, -0.05) is 156 Å². The average molecular weight is 893 g/mol. The Hall–Kier alpha value is -6.78. The summed E-state index contributed by atoms with van der Waals surface area (Å²) in [5, 5.41) is 5.13. The van der Waals surface area contributed by atoms with Crippen molar-refractivity contribution in [2.45, 2.75) is 105 Å². The van der Waals surface area contributed by atoms with Crippen molar-refractivity contribution in [2.24, 2.45) is 7.05 Å². The monoisotopic (exact) mass is 893 g/mol. The fourth-order valence-corrected chi connectivity index (χ4v) is 10.4. The maximum Gasteiger partial charge on any atom is 0.0510 e. The second-order valence-corrected chi connectivity index (χ2v) is 23.4. The highest BCUT2D eigenvalue weighted by Crippen LogP contribution is 2.52. The highest BCUT2D eigenvalue weighted by Gasteiger charge is 2.28. The van der Waals surface area contributed by atoms with E-state index in [0.29, 0.717) is 0 Å². The number of benzene rings is 8. The molecule has 1 aliphatic rings. The van der Waals surface area contributed by atoms with E-state index in [0.717, 1.165) is 34.1 Å². The highest BCUT2D eigenvalue weighted by molar-refractivity contribution is 6.28. The molecule has 344 valence electrons. The van der Waals surface area contributed by atoms with Gasteiger partial charge in [0.15, 0.2) is 0 Å². The van der Waals surface area contributed by atoms with Crippen LogP contribution in [0.15, 0.2) is 158 Å². The van der Waals surface area contributed by atoms with Crippen LogP contribution in [0.5, 0.6) is 0 Å². The molecule has 0 fully saturated rings. The Labute approximate surface area is 405 Å². The van der Waals surface area contributed by atoms with E-state index in [4.69, 9.17) is 0 Å².